The lowest BCUT2D eigenvalue weighted by Gasteiger charge is -2.29. The Labute approximate surface area is 241 Å². The second-order valence-electron chi connectivity index (χ2n) is 11.7. The average Bonchev–Trinajstić information content (AvgIpc) is 3.41. The minimum Gasteiger partial charge on any atom is -0.507 e. The molecule has 0 aromatic heterocycles. The number of anilines is 3. The Hall–Kier alpha value is -4.74. The van der Waals surface area contributed by atoms with Crippen molar-refractivity contribution in [3.8, 4) is 22.6 Å². The van der Waals surface area contributed by atoms with Crippen molar-refractivity contribution in [3.63, 3.8) is 0 Å². The number of phenolic OH excluding ortho intramolecular Hbond substituents is 2. The van der Waals surface area contributed by atoms with Crippen LogP contribution in [-0.2, 0) is 10.8 Å². The van der Waals surface area contributed by atoms with Crippen LogP contribution in [0.4, 0.5) is 17.1 Å². The van der Waals surface area contributed by atoms with Crippen LogP contribution in [0.5, 0.6) is 11.5 Å². The largest absolute Gasteiger partial charge is 0.507 e. The molecule has 0 spiro atoms. The zero-order valence-corrected chi connectivity index (χ0v) is 23.8. The lowest BCUT2D eigenvalue weighted by Crippen LogP contribution is -2.32. The molecular weight excluding hydrogens is 506 g/mol. The number of para-hydroxylation sites is 2. The molecule has 0 atom stereocenters. The second-order valence-corrected chi connectivity index (χ2v) is 11.7. The van der Waals surface area contributed by atoms with E-state index in [1.54, 1.807) is 0 Å². The number of hydrazine groups is 2. The minimum atomic E-state index is -0.406. The van der Waals surface area contributed by atoms with Gasteiger partial charge in [0.25, 0.3) is 0 Å². The SMILES string of the molecule is CC(C)(c1ccccc1)c1cccc(-c2ccc3c(c2)N(c2cccc(C(C)(C)c4ccccc4)c2O)NN3)c1O. The molecule has 5 aromatic rings. The lowest BCUT2D eigenvalue weighted by atomic mass is 9.77. The predicted octanol–water partition coefficient (Wildman–Crippen LogP) is 8.40. The highest BCUT2D eigenvalue weighted by Gasteiger charge is 2.31. The van der Waals surface area contributed by atoms with Crippen molar-refractivity contribution in [1.29, 1.82) is 0 Å². The van der Waals surface area contributed by atoms with Crippen LogP contribution in [0.1, 0.15) is 49.9 Å². The van der Waals surface area contributed by atoms with E-state index in [9.17, 15) is 10.2 Å². The number of nitrogens with zero attached hydrogens (tertiary/aromatic N) is 1. The van der Waals surface area contributed by atoms with Crippen LogP contribution in [0.3, 0.4) is 0 Å². The fourth-order valence-electron chi connectivity index (χ4n) is 5.87. The van der Waals surface area contributed by atoms with Crippen LogP contribution >= 0.6 is 0 Å². The summed E-state index contributed by atoms with van der Waals surface area (Å²) >= 11 is 0. The van der Waals surface area contributed by atoms with Crippen molar-refractivity contribution < 1.29 is 10.2 Å². The number of fused-ring (bicyclic) bond motifs is 1. The van der Waals surface area contributed by atoms with Gasteiger partial charge in [-0.3, -0.25) is 5.01 Å². The molecule has 5 nitrogen and oxygen atoms in total. The lowest BCUT2D eigenvalue weighted by molar-refractivity contribution is 0.452. The number of aromatic hydroxyl groups is 2. The highest BCUT2D eigenvalue weighted by atomic mass is 16.3. The summed E-state index contributed by atoms with van der Waals surface area (Å²) in [6.07, 6.45) is 0. The molecule has 0 saturated carbocycles. The molecule has 4 N–H and O–H groups in total. The van der Waals surface area contributed by atoms with Gasteiger partial charge < -0.3 is 15.6 Å². The van der Waals surface area contributed by atoms with Crippen LogP contribution in [0.15, 0.2) is 115 Å². The summed E-state index contributed by atoms with van der Waals surface area (Å²) < 4.78 is 0. The Balaban J connectivity index is 1.40. The third-order valence-electron chi connectivity index (χ3n) is 8.48. The van der Waals surface area contributed by atoms with Crippen LogP contribution in [0.2, 0.25) is 0 Å². The minimum absolute atomic E-state index is 0.211. The molecule has 1 aliphatic heterocycles. The Morgan fingerprint density at radius 1 is 0.561 bits per heavy atom. The van der Waals surface area contributed by atoms with E-state index in [1.165, 1.54) is 0 Å². The van der Waals surface area contributed by atoms with Gasteiger partial charge in [-0.15, -0.1) is 5.53 Å². The first-order valence-corrected chi connectivity index (χ1v) is 13.9. The molecule has 206 valence electrons. The fourth-order valence-corrected chi connectivity index (χ4v) is 5.87. The molecular formula is C36H35N3O2. The zero-order chi connectivity index (χ0) is 28.8. The van der Waals surface area contributed by atoms with Gasteiger partial charge in [0, 0.05) is 27.5 Å². The summed E-state index contributed by atoms with van der Waals surface area (Å²) in [6.45, 7) is 8.50. The number of hydrogen-bond donors (Lipinski definition) is 4. The molecule has 0 aliphatic carbocycles. The molecule has 0 unspecified atom stereocenters. The normalized spacial score (nSPS) is 13.1. The van der Waals surface area contributed by atoms with Crippen LogP contribution < -0.4 is 16.0 Å². The maximum absolute atomic E-state index is 11.6. The molecule has 1 aliphatic rings. The molecule has 5 aromatic carbocycles. The maximum Gasteiger partial charge on any atom is 0.144 e. The van der Waals surface area contributed by atoms with Gasteiger partial charge >= 0.3 is 0 Å². The van der Waals surface area contributed by atoms with E-state index in [4.69, 9.17) is 0 Å². The van der Waals surface area contributed by atoms with E-state index in [1.807, 2.05) is 96.0 Å². The average molecular weight is 542 g/mol. The summed E-state index contributed by atoms with van der Waals surface area (Å²) in [7, 11) is 0. The van der Waals surface area contributed by atoms with Crippen molar-refractivity contribution in [2.75, 3.05) is 10.4 Å². The molecule has 41 heavy (non-hydrogen) atoms. The van der Waals surface area contributed by atoms with E-state index >= 15 is 0 Å². The molecule has 0 radical (unpaired) electrons. The Bertz CT molecular complexity index is 1710. The van der Waals surface area contributed by atoms with Gasteiger partial charge in [0.15, 0.2) is 0 Å². The first-order valence-electron chi connectivity index (χ1n) is 13.9. The number of hydrogen-bond acceptors (Lipinski definition) is 5. The number of benzene rings is 5. The van der Waals surface area contributed by atoms with Crippen molar-refractivity contribution in [2.24, 2.45) is 0 Å². The topological polar surface area (TPSA) is 67.8 Å². The van der Waals surface area contributed by atoms with Crippen molar-refractivity contribution in [3.05, 3.63) is 138 Å². The van der Waals surface area contributed by atoms with Gasteiger partial charge in [-0.25, -0.2) is 0 Å². The third kappa shape index (κ3) is 4.48. The highest BCUT2D eigenvalue weighted by molar-refractivity contribution is 5.87. The molecule has 0 amide bonds. The summed E-state index contributed by atoms with van der Waals surface area (Å²) in [5.74, 6) is 0.476. The van der Waals surface area contributed by atoms with Gasteiger partial charge in [-0.2, -0.15) is 0 Å². The van der Waals surface area contributed by atoms with E-state index in [0.29, 0.717) is 5.69 Å². The zero-order valence-electron chi connectivity index (χ0n) is 23.8. The molecule has 0 bridgehead atoms. The van der Waals surface area contributed by atoms with E-state index in [0.717, 1.165) is 44.8 Å². The van der Waals surface area contributed by atoms with Crippen molar-refractivity contribution in [2.45, 2.75) is 38.5 Å². The summed E-state index contributed by atoms with van der Waals surface area (Å²) in [5.41, 5.74) is 13.6. The summed E-state index contributed by atoms with van der Waals surface area (Å²) in [5, 5.41) is 25.0. The van der Waals surface area contributed by atoms with Crippen molar-refractivity contribution in [1.82, 2.24) is 5.53 Å². The van der Waals surface area contributed by atoms with E-state index in [2.05, 4.69) is 62.9 Å². The molecule has 6 rings (SSSR count). The van der Waals surface area contributed by atoms with Crippen LogP contribution in [-0.4, -0.2) is 10.2 Å². The molecule has 1 heterocycles. The van der Waals surface area contributed by atoms with Crippen molar-refractivity contribution >= 4 is 17.1 Å². The van der Waals surface area contributed by atoms with Gasteiger partial charge in [-0.1, -0.05) is 125 Å². The number of phenols is 2. The smallest absolute Gasteiger partial charge is 0.144 e. The number of nitrogens with one attached hydrogen (secondary N) is 2. The van der Waals surface area contributed by atoms with Gasteiger partial charge in [0.1, 0.15) is 17.2 Å². The Morgan fingerprint density at radius 3 is 1.73 bits per heavy atom. The number of rotatable bonds is 6. The fraction of sp³-hybridized carbons (Fsp3) is 0.167. The van der Waals surface area contributed by atoms with Gasteiger partial charge in [0.2, 0.25) is 0 Å². The molecule has 0 saturated heterocycles. The van der Waals surface area contributed by atoms with Gasteiger partial charge in [0.05, 0.1) is 11.4 Å². The predicted molar refractivity (Wildman–Crippen MR) is 168 cm³/mol. The van der Waals surface area contributed by atoms with E-state index in [-0.39, 0.29) is 16.9 Å². The molecule has 5 heteroatoms. The standard InChI is InChI=1S/C36H35N3O2/c1-35(2,25-13-7-5-8-14-25)28-18-11-17-27(33(28)40)24-21-22-30-32(23-24)39(38-37-30)31-20-12-19-29(34(31)41)36(3,4)26-15-9-6-10-16-26/h5-23,37-38,40-41H,1-4H3. The second kappa shape index (κ2) is 10.0. The van der Waals surface area contributed by atoms with Crippen LogP contribution in [0.25, 0.3) is 11.1 Å². The van der Waals surface area contributed by atoms with Crippen LogP contribution in [0, 0.1) is 0 Å². The summed E-state index contributed by atoms with van der Waals surface area (Å²) in [4.78, 5) is 0. The van der Waals surface area contributed by atoms with Gasteiger partial charge in [-0.05, 0) is 34.9 Å². The quantitative estimate of drug-likeness (QED) is 0.174. The highest BCUT2D eigenvalue weighted by Crippen LogP contribution is 2.47. The molecule has 0 fully saturated rings. The first-order chi connectivity index (χ1) is 19.7. The first kappa shape index (κ1) is 26.5. The Morgan fingerprint density at radius 2 is 1.12 bits per heavy atom. The van der Waals surface area contributed by atoms with E-state index < -0.39 is 5.41 Å². The maximum atomic E-state index is 11.6. The monoisotopic (exact) mass is 541 g/mol. The Kier molecular flexibility index (Phi) is 6.47. The third-order valence-corrected chi connectivity index (χ3v) is 8.48. The summed E-state index contributed by atoms with van der Waals surface area (Å²) in [6, 6.07) is 38.3.